The molecule has 0 unspecified atom stereocenters. The van der Waals surface area contributed by atoms with Crippen molar-refractivity contribution in [2.45, 2.75) is 45.2 Å². The van der Waals surface area contributed by atoms with E-state index >= 15 is 0 Å². The summed E-state index contributed by atoms with van der Waals surface area (Å²) in [6.45, 7) is 4.98. The monoisotopic (exact) mass is 524 g/mol. The molecule has 1 aliphatic rings. The fourth-order valence-electron chi connectivity index (χ4n) is 4.80. The maximum absolute atomic E-state index is 12.9. The average Bonchev–Trinajstić information content (AvgIpc) is 3.13. The largest absolute Gasteiger partial charge is 0.416 e. The van der Waals surface area contributed by atoms with Crippen molar-refractivity contribution >= 4 is 23.6 Å². The highest BCUT2D eigenvalue weighted by molar-refractivity contribution is 5.93. The number of aryl methyl sites for hydroxylation is 2. The standard InChI is InChI=1S/C29H31F3N4O2/c1-19-26(20(2)35(3)34-19)18-27(37)33-25-10-8-22(9-11-25)23-13-15-36(16-14-23)28(38)12-7-21-5-4-6-24(17-21)29(30,31)32/h4-12,17,23H,13-16,18H2,1-3H3,(H,33,37)/b12-7+. The van der Waals surface area contributed by atoms with E-state index in [2.05, 4.69) is 10.4 Å². The molecule has 200 valence electrons. The molecule has 3 aromatic rings. The normalized spacial score (nSPS) is 14.7. The molecule has 1 aliphatic heterocycles. The number of hydrogen-bond donors (Lipinski definition) is 1. The number of halogens is 3. The summed E-state index contributed by atoms with van der Waals surface area (Å²) >= 11 is 0. The van der Waals surface area contributed by atoms with Gasteiger partial charge in [0, 0.05) is 43.2 Å². The van der Waals surface area contributed by atoms with Gasteiger partial charge in [0.15, 0.2) is 0 Å². The Morgan fingerprint density at radius 2 is 1.76 bits per heavy atom. The lowest BCUT2D eigenvalue weighted by Gasteiger charge is -2.31. The van der Waals surface area contributed by atoms with Crippen molar-refractivity contribution in [3.05, 3.63) is 88.2 Å². The van der Waals surface area contributed by atoms with E-state index in [-0.39, 0.29) is 24.2 Å². The van der Waals surface area contributed by atoms with Gasteiger partial charge < -0.3 is 10.2 Å². The topological polar surface area (TPSA) is 67.2 Å². The summed E-state index contributed by atoms with van der Waals surface area (Å²) in [5.41, 5.74) is 4.24. The van der Waals surface area contributed by atoms with Crippen LogP contribution in [0.4, 0.5) is 18.9 Å². The molecule has 6 nitrogen and oxygen atoms in total. The molecule has 2 heterocycles. The third kappa shape index (κ3) is 6.51. The molecule has 0 spiro atoms. The summed E-state index contributed by atoms with van der Waals surface area (Å²) in [5.74, 6) is -0.0167. The Morgan fingerprint density at radius 1 is 1.08 bits per heavy atom. The molecule has 0 atom stereocenters. The van der Waals surface area contributed by atoms with Crippen molar-refractivity contribution in [1.82, 2.24) is 14.7 Å². The molecule has 0 saturated carbocycles. The van der Waals surface area contributed by atoms with Crippen LogP contribution in [0.1, 0.15) is 52.4 Å². The minimum Gasteiger partial charge on any atom is -0.339 e. The van der Waals surface area contributed by atoms with E-state index in [0.29, 0.717) is 18.7 Å². The SMILES string of the molecule is Cc1nn(C)c(C)c1CC(=O)Nc1ccc(C2CCN(C(=O)/C=C/c3cccc(C(F)(F)F)c3)CC2)cc1. The van der Waals surface area contributed by atoms with E-state index in [4.69, 9.17) is 0 Å². The second-order valence-electron chi connectivity index (χ2n) is 9.68. The first-order valence-corrected chi connectivity index (χ1v) is 12.5. The Kier molecular flexibility index (Phi) is 8.04. The summed E-state index contributed by atoms with van der Waals surface area (Å²) in [7, 11) is 1.86. The number of hydrogen-bond acceptors (Lipinski definition) is 3. The number of anilines is 1. The van der Waals surface area contributed by atoms with Gasteiger partial charge in [-0.1, -0.05) is 24.3 Å². The number of likely N-dealkylation sites (tertiary alicyclic amines) is 1. The average molecular weight is 525 g/mol. The van der Waals surface area contributed by atoms with Gasteiger partial charge in [-0.2, -0.15) is 18.3 Å². The van der Waals surface area contributed by atoms with Crippen molar-refractivity contribution in [2.75, 3.05) is 18.4 Å². The number of aromatic nitrogens is 2. The fourth-order valence-corrected chi connectivity index (χ4v) is 4.80. The summed E-state index contributed by atoms with van der Waals surface area (Å²) < 4.78 is 40.5. The lowest BCUT2D eigenvalue weighted by atomic mass is 9.89. The van der Waals surface area contributed by atoms with Crippen LogP contribution in [0.5, 0.6) is 0 Å². The maximum atomic E-state index is 12.9. The zero-order chi connectivity index (χ0) is 27.4. The molecule has 4 rings (SSSR count). The van der Waals surface area contributed by atoms with Gasteiger partial charge in [0.25, 0.3) is 0 Å². The van der Waals surface area contributed by atoms with Gasteiger partial charge in [0.1, 0.15) is 0 Å². The summed E-state index contributed by atoms with van der Waals surface area (Å²) in [5, 5.41) is 7.30. The summed E-state index contributed by atoms with van der Waals surface area (Å²) in [4.78, 5) is 26.9. The van der Waals surface area contributed by atoms with Crippen LogP contribution in [-0.4, -0.2) is 39.6 Å². The van der Waals surface area contributed by atoms with Gasteiger partial charge in [-0.25, -0.2) is 0 Å². The third-order valence-corrected chi connectivity index (χ3v) is 7.10. The number of benzene rings is 2. The van der Waals surface area contributed by atoms with E-state index < -0.39 is 11.7 Å². The quantitative estimate of drug-likeness (QED) is 0.424. The number of carbonyl (C=O) groups is 2. The molecule has 1 fully saturated rings. The molecule has 0 bridgehead atoms. The Balaban J connectivity index is 1.28. The van der Waals surface area contributed by atoms with Gasteiger partial charge in [0.05, 0.1) is 17.7 Å². The molecule has 2 aromatic carbocycles. The van der Waals surface area contributed by atoms with E-state index in [1.54, 1.807) is 9.58 Å². The summed E-state index contributed by atoms with van der Waals surface area (Å²) in [6, 6.07) is 12.7. The van der Waals surface area contributed by atoms with E-state index in [9.17, 15) is 22.8 Å². The molecule has 0 aliphatic carbocycles. The highest BCUT2D eigenvalue weighted by Gasteiger charge is 2.30. The fraction of sp³-hybridized carbons (Fsp3) is 0.345. The molecule has 0 radical (unpaired) electrons. The maximum Gasteiger partial charge on any atom is 0.416 e. The van der Waals surface area contributed by atoms with Gasteiger partial charge in [-0.15, -0.1) is 0 Å². The lowest BCUT2D eigenvalue weighted by Crippen LogP contribution is -2.36. The molecule has 2 amide bonds. The van der Waals surface area contributed by atoms with Crippen LogP contribution in [0.3, 0.4) is 0 Å². The number of nitrogens with one attached hydrogen (secondary N) is 1. The number of rotatable bonds is 6. The number of amides is 2. The smallest absolute Gasteiger partial charge is 0.339 e. The highest BCUT2D eigenvalue weighted by Crippen LogP contribution is 2.31. The highest BCUT2D eigenvalue weighted by atomic mass is 19.4. The van der Waals surface area contributed by atoms with Crippen molar-refractivity contribution in [3.8, 4) is 0 Å². The molecule has 1 N–H and O–H groups in total. The second kappa shape index (κ2) is 11.2. The Bertz CT molecular complexity index is 1330. The van der Waals surface area contributed by atoms with Crippen molar-refractivity contribution in [2.24, 2.45) is 7.05 Å². The number of piperidine rings is 1. The molecule has 9 heteroatoms. The zero-order valence-corrected chi connectivity index (χ0v) is 21.7. The van der Waals surface area contributed by atoms with Crippen LogP contribution < -0.4 is 5.32 Å². The minimum atomic E-state index is -4.42. The molecular weight excluding hydrogens is 493 g/mol. The third-order valence-electron chi connectivity index (χ3n) is 7.10. The van der Waals surface area contributed by atoms with Gasteiger partial charge >= 0.3 is 6.18 Å². The zero-order valence-electron chi connectivity index (χ0n) is 21.7. The minimum absolute atomic E-state index is 0.0954. The van der Waals surface area contributed by atoms with E-state index in [1.807, 2.05) is 45.2 Å². The van der Waals surface area contributed by atoms with Crippen molar-refractivity contribution in [1.29, 1.82) is 0 Å². The number of nitrogens with zero attached hydrogens (tertiary/aromatic N) is 3. The Hall–Kier alpha value is -3.88. The predicted molar refractivity (Wildman–Crippen MR) is 140 cm³/mol. The van der Waals surface area contributed by atoms with Gasteiger partial charge in [0.2, 0.25) is 11.8 Å². The van der Waals surface area contributed by atoms with Crippen LogP contribution in [0.15, 0.2) is 54.6 Å². The lowest BCUT2D eigenvalue weighted by molar-refractivity contribution is -0.137. The number of alkyl halides is 3. The predicted octanol–water partition coefficient (Wildman–Crippen LogP) is 5.66. The van der Waals surface area contributed by atoms with Crippen LogP contribution >= 0.6 is 0 Å². The van der Waals surface area contributed by atoms with Gasteiger partial charge in [-0.3, -0.25) is 14.3 Å². The van der Waals surface area contributed by atoms with E-state index in [1.165, 1.54) is 24.3 Å². The van der Waals surface area contributed by atoms with E-state index in [0.717, 1.165) is 53.2 Å². The Labute approximate surface area is 220 Å². The molecule has 38 heavy (non-hydrogen) atoms. The first-order valence-electron chi connectivity index (χ1n) is 12.5. The summed E-state index contributed by atoms with van der Waals surface area (Å²) in [6.07, 6.45) is 0.178. The first-order chi connectivity index (χ1) is 18.0. The first kappa shape index (κ1) is 27.2. The molecule has 1 saturated heterocycles. The van der Waals surface area contributed by atoms with Gasteiger partial charge in [-0.05, 0) is 74.1 Å². The second-order valence-corrected chi connectivity index (χ2v) is 9.68. The molecular formula is C29H31F3N4O2. The van der Waals surface area contributed by atoms with Crippen LogP contribution in [-0.2, 0) is 29.2 Å². The van der Waals surface area contributed by atoms with Crippen molar-refractivity contribution in [3.63, 3.8) is 0 Å². The van der Waals surface area contributed by atoms with Crippen LogP contribution in [0, 0.1) is 13.8 Å². The number of carbonyl (C=O) groups excluding carboxylic acids is 2. The molecule has 1 aromatic heterocycles. The van der Waals surface area contributed by atoms with Crippen LogP contribution in [0.25, 0.3) is 6.08 Å². The van der Waals surface area contributed by atoms with Crippen LogP contribution in [0.2, 0.25) is 0 Å². The Morgan fingerprint density at radius 3 is 2.37 bits per heavy atom. The van der Waals surface area contributed by atoms with Crippen molar-refractivity contribution < 1.29 is 22.8 Å².